The molecule has 5 heteroatoms. The summed E-state index contributed by atoms with van der Waals surface area (Å²) in [7, 11) is 0. The van der Waals surface area contributed by atoms with Gasteiger partial charge in [0.1, 0.15) is 11.9 Å². The molecule has 0 radical (unpaired) electrons. The van der Waals surface area contributed by atoms with Crippen LogP contribution in [0.2, 0.25) is 0 Å². The first-order chi connectivity index (χ1) is 9.78. The SMILES string of the molecule is N#Cc1cc(-c2cn(-c3cccnc3)cn2)ccc1F. The first-order valence-electron chi connectivity index (χ1n) is 5.92. The van der Waals surface area contributed by atoms with E-state index in [2.05, 4.69) is 9.97 Å². The van der Waals surface area contributed by atoms with Gasteiger partial charge in [0, 0.05) is 18.0 Å². The molecule has 3 rings (SSSR count). The molecular weight excluding hydrogens is 255 g/mol. The van der Waals surface area contributed by atoms with Crippen molar-refractivity contribution in [2.45, 2.75) is 0 Å². The van der Waals surface area contributed by atoms with Crippen molar-refractivity contribution in [2.75, 3.05) is 0 Å². The third-order valence-electron chi connectivity index (χ3n) is 2.91. The highest BCUT2D eigenvalue weighted by atomic mass is 19.1. The van der Waals surface area contributed by atoms with Gasteiger partial charge in [0.25, 0.3) is 0 Å². The van der Waals surface area contributed by atoms with E-state index in [1.165, 1.54) is 12.1 Å². The maximum atomic E-state index is 13.3. The van der Waals surface area contributed by atoms with Crippen LogP contribution in [0.1, 0.15) is 5.56 Å². The third-order valence-corrected chi connectivity index (χ3v) is 2.91. The van der Waals surface area contributed by atoms with E-state index in [9.17, 15) is 4.39 Å². The quantitative estimate of drug-likeness (QED) is 0.715. The number of nitrogens with zero attached hydrogens (tertiary/aromatic N) is 4. The summed E-state index contributed by atoms with van der Waals surface area (Å²) in [5.41, 5.74) is 2.27. The van der Waals surface area contributed by atoms with Gasteiger partial charge < -0.3 is 4.57 Å². The summed E-state index contributed by atoms with van der Waals surface area (Å²) in [6.07, 6.45) is 6.88. The zero-order valence-electron chi connectivity index (χ0n) is 10.4. The van der Waals surface area contributed by atoms with Gasteiger partial charge in [-0.1, -0.05) is 0 Å². The number of aromatic nitrogens is 3. The van der Waals surface area contributed by atoms with Crippen LogP contribution in [0, 0.1) is 17.1 Å². The Bertz CT molecular complexity index is 787. The number of hydrogen-bond acceptors (Lipinski definition) is 3. The van der Waals surface area contributed by atoms with Gasteiger partial charge in [-0.2, -0.15) is 5.26 Å². The smallest absolute Gasteiger partial charge is 0.140 e. The van der Waals surface area contributed by atoms with E-state index in [4.69, 9.17) is 5.26 Å². The predicted octanol–water partition coefficient (Wildman–Crippen LogP) is 2.95. The lowest BCUT2D eigenvalue weighted by Gasteiger charge is -2.00. The van der Waals surface area contributed by atoms with Crippen LogP contribution in [0.15, 0.2) is 55.2 Å². The van der Waals surface area contributed by atoms with Crippen LogP contribution in [0.4, 0.5) is 4.39 Å². The summed E-state index contributed by atoms with van der Waals surface area (Å²) >= 11 is 0. The molecule has 2 heterocycles. The fourth-order valence-corrected chi connectivity index (χ4v) is 1.89. The van der Waals surface area contributed by atoms with Gasteiger partial charge in [-0.15, -0.1) is 0 Å². The summed E-state index contributed by atoms with van der Waals surface area (Å²) in [6.45, 7) is 0. The van der Waals surface area contributed by atoms with Crippen molar-refractivity contribution in [2.24, 2.45) is 0 Å². The van der Waals surface area contributed by atoms with Gasteiger partial charge in [0.2, 0.25) is 0 Å². The molecule has 0 saturated heterocycles. The maximum absolute atomic E-state index is 13.3. The van der Waals surface area contributed by atoms with Crippen molar-refractivity contribution in [1.29, 1.82) is 5.26 Å². The van der Waals surface area contributed by atoms with Crippen molar-refractivity contribution in [3.05, 3.63) is 66.6 Å². The molecule has 0 spiro atoms. The topological polar surface area (TPSA) is 54.5 Å². The summed E-state index contributed by atoms with van der Waals surface area (Å²) in [4.78, 5) is 8.31. The van der Waals surface area contributed by atoms with E-state index in [0.717, 1.165) is 5.69 Å². The monoisotopic (exact) mass is 264 g/mol. The Hall–Kier alpha value is -3.00. The molecule has 0 aliphatic rings. The molecule has 4 nitrogen and oxygen atoms in total. The van der Waals surface area contributed by atoms with Crippen molar-refractivity contribution < 1.29 is 4.39 Å². The normalized spacial score (nSPS) is 10.2. The van der Waals surface area contributed by atoms with Gasteiger partial charge in [0.05, 0.1) is 29.5 Å². The number of nitriles is 1. The van der Waals surface area contributed by atoms with Crippen LogP contribution in [-0.2, 0) is 0 Å². The lowest BCUT2D eigenvalue weighted by Crippen LogP contribution is -1.89. The number of pyridine rings is 1. The average molecular weight is 264 g/mol. The van der Waals surface area contributed by atoms with Gasteiger partial charge in [-0.25, -0.2) is 9.37 Å². The molecule has 20 heavy (non-hydrogen) atoms. The van der Waals surface area contributed by atoms with Crippen LogP contribution < -0.4 is 0 Å². The fourth-order valence-electron chi connectivity index (χ4n) is 1.89. The van der Waals surface area contributed by atoms with Gasteiger partial charge in [-0.3, -0.25) is 4.98 Å². The zero-order valence-corrected chi connectivity index (χ0v) is 10.4. The highest BCUT2D eigenvalue weighted by Gasteiger charge is 2.07. The third kappa shape index (κ3) is 2.15. The molecule has 96 valence electrons. The van der Waals surface area contributed by atoms with E-state index >= 15 is 0 Å². The van der Waals surface area contributed by atoms with Crippen LogP contribution >= 0.6 is 0 Å². The van der Waals surface area contributed by atoms with Crippen molar-refractivity contribution in [3.8, 4) is 23.0 Å². The van der Waals surface area contributed by atoms with E-state index in [0.29, 0.717) is 11.3 Å². The lowest BCUT2D eigenvalue weighted by molar-refractivity contribution is 0.624. The minimum absolute atomic E-state index is 0.0124. The fraction of sp³-hybridized carbons (Fsp3) is 0. The molecule has 0 aliphatic carbocycles. The first kappa shape index (κ1) is 12.1. The Kier molecular flexibility index (Phi) is 2.98. The molecule has 0 aliphatic heterocycles. The number of hydrogen-bond donors (Lipinski definition) is 0. The molecule has 0 atom stereocenters. The molecular formula is C15H9FN4. The summed E-state index contributed by atoms with van der Waals surface area (Å²) in [5, 5.41) is 8.85. The number of rotatable bonds is 2. The predicted molar refractivity (Wildman–Crippen MR) is 71.5 cm³/mol. The number of imidazole rings is 1. The van der Waals surface area contributed by atoms with Crippen LogP contribution in [0.5, 0.6) is 0 Å². The van der Waals surface area contributed by atoms with Crippen LogP contribution in [0.3, 0.4) is 0 Å². The largest absolute Gasteiger partial charge is 0.304 e. The minimum atomic E-state index is -0.525. The Morgan fingerprint density at radius 2 is 2.15 bits per heavy atom. The maximum Gasteiger partial charge on any atom is 0.140 e. The summed E-state index contributed by atoms with van der Waals surface area (Å²) in [5.74, 6) is -0.525. The van der Waals surface area contributed by atoms with E-state index in [1.807, 2.05) is 29.0 Å². The van der Waals surface area contributed by atoms with Crippen molar-refractivity contribution >= 4 is 0 Å². The first-order valence-corrected chi connectivity index (χ1v) is 5.92. The zero-order chi connectivity index (χ0) is 13.9. The van der Waals surface area contributed by atoms with E-state index in [-0.39, 0.29) is 5.56 Å². The molecule has 0 unspecified atom stereocenters. The van der Waals surface area contributed by atoms with Crippen LogP contribution in [-0.4, -0.2) is 14.5 Å². The van der Waals surface area contributed by atoms with Gasteiger partial charge in [0.15, 0.2) is 0 Å². The van der Waals surface area contributed by atoms with Crippen molar-refractivity contribution in [3.63, 3.8) is 0 Å². The standard InChI is InChI=1S/C15H9FN4/c16-14-4-3-11(6-12(14)7-17)15-9-20(10-19-15)13-2-1-5-18-8-13/h1-6,8-10H. The Labute approximate surface area is 114 Å². The minimum Gasteiger partial charge on any atom is -0.304 e. The molecule has 0 bridgehead atoms. The molecule has 1 aromatic carbocycles. The summed E-state index contributed by atoms with van der Waals surface area (Å²) < 4.78 is 15.1. The molecule has 3 aromatic rings. The highest BCUT2D eigenvalue weighted by Crippen LogP contribution is 2.21. The van der Waals surface area contributed by atoms with Gasteiger partial charge >= 0.3 is 0 Å². The Morgan fingerprint density at radius 3 is 2.90 bits per heavy atom. The highest BCUT2D eigenvalue weighted by molar-refractivity contribution is 5.61. The van der Waals surface area contributed by atoms with E-state index in [1.54, 1.807) is 24.8 Å². The van der Waals surface area contributed by atoms with Crippen LogP contribution in [0.25, 0.3) is 16.9 Å². The average Bonchev–Trinajstić information content (AvgIpc) is 2.98. The molecule has 0 saturated carbocycles. The molecule has 0 fully saturated rings. The Balaban J connectivity index is 2.01. The summed E-state index contributed by atoms with van der Waals surface area (Å²) in [6, 6.07) is 9.93. The van der Waals surface area contributed by atoms with Gasteiger partial charge in [-0.05, 0) is 30.3 Å². The van der Waals surface area contributed by atoms with E-state index < -0.39 is 5.82 Å². The molecule has 2 aromatic heterocycles. The molecule has 0 N–H and O–H groups in total. The second kappa shape index (κ2) is 4.94. The second-order valence-electron chi connectivity index (χ2n) is 4.18. The van der Waals surface area contributed by atoms with Crippen molar-refractivity contribution in [1.82, 2.24) is 14.5 Å². The lowest BCUT2D eigenvalue weighted by atomic mass is 10.1. The Morgan fingerprint density at radius 1 is 1.25 bits per heavy atom. The second-order valence-corrected chi connectivity index (χ2v) is 4.18. The number of halogens is 1. The molecule has 0 amide bonds. The number of benzene rings is 1.